The number of pyridine rings is 1. The Balaban J connectivity index is 1.88. The molecule has 134 valence electrons. The largest absolute Gasteiger partial charge is 0.349 e. The normalized spacial score (nSPS) is 17.8. The van der Waals surface area contributed by atoms with Crippen molar-refractivity contribution in [3.63, 3.8) is 0 Å². The highest BCUT2D eigenvalue weighted by atomic mass is 16.2. The summed E-state index contributed by atoms with van der Waals surface area (Å²) in [5, 5.41) is 3.07. The van der Waals surface area contributed by atoms with Crippen LogP contribution in [0.1, 0.15) is 56.9 Å². The molecule has 0 bridgehead atoms. The van der Waals surface area contributed by atoms with Crippen molar-refractivity contribution in [2.24, 2.45) is 0 Å². The fraction of sp³-hybridized carbons (Fsp3) is 0.526. The molecule has 1 atom stereocenters. The number of carbonyl (C=O) groups excluding carboxylic acids is 1. The highest BCUT2D eigenvalue weighted by molar-refractivity contribution is 5.83. The van der Waals surface area contributed by atoms with Gasteiger partial charge in [-0.15, -0.1) is 0 Å². The van der Waals surface area contributed by atoms with Gasteiger partial charge in [0.1, 0.15) is 6.04 Å². The maximum atomic E-state index is 13.1. The average molecular weight is 341 g/mol. The Kier molecular flexibility index (Phi) is 5.18. The standard InChI is InChI=1S/C19H27N5O/c1-13(2)23-10-8-16-17(24(12-22-16)14(3)4)18(23)19(25)21-11-15-7-5-6-9-20-15/h5-7,9,12-14,18H,8,10-11H2,1-4H3,(H,21,25). The number of nitrogens with one attached hydrogen (secondary N) is 1. The predicted octanol–water partition coefficient (Wildman–Crippen LogP) is 2.48. The number of imidazole rings is 1. The van der Waals surface area contributed by atoms with Crippen molar-refractivity contribution in [1.82, 2.24) is 24.8 Å². The topological polar surface area (TPSA) is 63.1 Å². The molecule has 25 heavy (non-hydrogen) atoms. The number of hydrogen-bond acceptors (Lipinski definition) is 4. The van der Waals surface area contributed by atoms with Crippen LogP contribution >= 0.6 is 0 Å². The summed E-state index contributed by atoms with van der Waals surface area (Å²) in [5.41, 5.74) is 2.94. The van der Waals surface area contributed by atoms with E-state index in [9.17, 15) is 4.79 Å². The van der Waals surface area contributed by atoms with Crippen LogP contribution in [0.15, 0.2) is 30.7 Å². The molecule has 0 saturated heterocycles. The second-order valence-electron chi connectivity index (χ2n) is 7.10. The molecule has 3 heterocycles. The average Bonchev–Trinajstić information content (AvgIpc) is 3.04. The fourth-order valence-electron chi connectivity index (χ4n) is 3.44. The van der Waals surface area contributed by atoms with Gasteiger partial charge in [-0.1, -0.05) is 6.07 Å². The van der Waals surface area contributed by atoms with E-state index in [4.69, 9.17) is 0 Å². The van der Waals surface area contributed by atoms with Crippen LogP contribution in [0.2, 0.25) is 0 Å². The summed E-state index contributed by atoms with van der Waals surface area (Å²) in [5.74, 6) is 0.0164. The minimum Gasteiger partial charge on any atom is -0.349 e. The molecule has 2 aromatic heterocycles. The van der Waals surface area contributed by atoms with Crippen LogP contribution in [0.5, 0.6) is 0 Å². The Morgan fingerprint density at radius 3 is 2.68 bits per heavy atom. The first-order valence-corrected chi connectivity index (χ1v) is 8.98. The summed E-state index contributed by atoms with van der Waals surface area (Å²) in [7, 11) is 0. The summed E-state index contributed by atoms with van der Waals surface area (Å²) < 4.78 is 2.13. The lowest BCUT2D eigenvalue weighted by Crippen LogP contribution is -2.48. The molecular weight excluding hydrogens is 314 g/mol. The van der Waals surface area contributed by atoms with Gasteiger partial charge in [0.15, 0.2) is 0 Å². The molecule has 6 heteroatoms. The SMILES string of the molecule is CC(C)N1CCc2ncn(C(C)C)c2C1C(=O)NCc1ccccn1. The fourth-order valence-corrected chi connectivity index (χ4v) is 3.44. The smallest absolute Gasteiger partial charge is 0.243 e. The molecule has 0 spiro atoms. The number of aromatic nitrogens is 3. The number of fused-ring (bicyclic) bond motifs is 1. The molecule has 1 amide bonds. The predicted molar refractivity (Wildman–Crippen MR) is 97.0 cm³/mol. The van der Waals surface area contributed by atoms with Crippen molar-refractivity contribution in [3.8, 4) is 0 Å². The van der Waals surface area contributed by atoms with E-state index in [-0.39, 0.29) is 24.0 Å². The second-order valence-corrected chi connectivity index (χ2v) is 7.10. The van der Waals surface area contributed by atoms with Crippen LogP contribution in [0.3, 0.4) is 0 Å². The van der Waals surface area contributed by atoms with E-state index >= 15 is 0 Å². The lowest BCUT2D eigenvalue weighted by molar-refractivity contribution is -0.128. The molecule has 1 N–H and O–H groups in total. The van der Waals surface area contributed by atoms with Gasteiger partial charge in [-0.05, 0) is 39.8 Å². The van der Waals surface area contributed by atoms with E-state index in [0.717, 1.165) is 30.0 Å². The van der Waals surface area contributed by atoms with Gasteiger partial charge < -0.3 is 9.88 Å². The summed E-state index contributed by atoms with van der Waals surface area (Å²) in [6.07, 6.45) is 4.50. The van der Waals surface area contributed by atoms with E-state index in [2.05, 4.69) is 52.4 Å². The van der Waals surface area contributed by atoms with E-state index < -0.39 is 0 Å². The lowest BCUT2D eigenvalue weighted by atomic mass is 9.99. The van der Waals surface area contributed by atoms with Crippen molar-refractivity contribution in [1.29, 1.82) is 0 Å². The third kappa shape index (κ3) is 3.58. The van der Waals surface area contributed by atoms with Gasteiger partial charge in [0, 0.05) is 31.2 Å². The van der Waals surface area contributed by atoms with Crippen LogP contribution in [0.25, 0.3) is 0 Å². The van der Waals surface area contributed by atoms with Gasteiger partial charge >= 0.3 is 0 Å². The molecule has 0 aromatic carbocycles. The Morgan fingerprint density at radius 1 is 1.24 bits per heavy atom. The van der Waals surface area contributed by atoms with Gasteiger partial charge in [-0.25, -0.2) is 4.98 Å². The number of nitrogens with zero attached hydrogens (tertiary/aromatic N) is 4. The molecule has 1 aliphatic heterocycles. The van der Waals surface area contributed by atoms with Crippen LogP contribution in [-0.2, 0) is 17.8 Å². The number of carbonyl (C=O) groups is 1. The van der Waals surface area contributed by atoms with E-state index in [0.29, 0.717) is 6.54 Å². The second kappa shape index (κ2) is 7.35. The molecule has 1 aliphatic rings. The number of rotatable bonds is 5. The minimum atomic E-state index is -0.308. The zero-order valence-electron chi connectivity index (χ0n) is 15.4. The van der Waals surface area contributed by atoms with Crippen molar-refractivity contribution in [2.45, 2.75) is 58.8 Å². The summed E-state index contributed by atoms with van der Waals surface area (Å²) >= 11 is 0. The number of amides is 1. The summed E-state index contributed by atoms with van der Waals surface area (Å²) in [6.45, 7) is 9.81. The number of hydrogen-bond donors (Lipinski definition) is 1. The zero-order chi connectivity index (χ0) is 18.0. The molecule has 0 aliphatic carbocycles. The quantitative estimate of drug-likeness (QED) is 0.907. The van der Waals surface area contributed by atoms with Gasteiger partial charge in [0.25, 0.3) is 0 Å². The summed E-state index contributed by atoms with van der Waals surface area (Å²) in [6, 6.07) is 5.98. The third-order valence-electron chi connectivity index (χ3n) is 4.75. The van der Waals surface area contributed by atoms with Crippen molar-refractivity contribution in [3.05, 3.63) is 47.8 Å². The Bertz CT molecular complexity index is 723. The monoisotopic (exact) mass is 341 g/mol. The van der Waals surface area contributed by atoms with Crippen molar-refractivity contribution >= 4 is 5.91 Å². The first-order valence-electron chi connectivity index (χ1n) is 8.98. The van der Waals surface area contributed by atoms with E-state index in [1.54, 1.807) is 6.20 Å². The maximum Gasteiger partial charge on any atom is 0.243 e. The maximum absolute atomic E-state index is 13.1. The Morgan fingerprint density at radius 2 is 2.04 bits per heavy atom. The van der Waals surface area contributed by atoms with Gasteiger partial charge in [0.05, 0.1) is 30.0 Å². The van der Waals surface area contributed by atoms with Gasteiger partial charge in [-0.3, -0.25) is 14.7 Å². The van der Waals surface area contributed by atoms with Crippen LogP contribution in [0, 0.1) is 0 Å². The molecule has 0 fully saturated rings. The summed E-state index contributed by atoms with van der Waals surface area (Å²) in [4.78, 5) is 24.2. The third-order valence-corrected chi connectivity index (χ3v) is 4.75. The van der Waals surface area contributed by atoms with Gasteiger partial charge in [0.2, 0.25) is 5.91 Å². The van der Waals surface area contributed by atoms with Gasteiger partial charge in [-0.2, -0.15) is 0 Å². The Hall–Kier alpha value is -2.21. The van der Waals surface area contributed by atoms with Crippen molar-refractivity contribution < 1.29 is 4.79 Å². The first-order chi connectivity index (χ1) is 12.0. The van der Waals surface area contributed by atoms with Crippen LogP contribution in [0.4, 0.5) is 0 Å². The first kappa shape index (κ1) is 17.6. The van der Waals surface area contributed by atoms with E-state index in [1.165, 1.54) is 0 Å². The van der Waals surface area contributed by atoms with Crippen LogP contribution in [-0.4, -0.2) is 37.9 Å². The molecule has 6 nitrogen and oxygen atoms in total. The van der Waals surface area contributed by atoms with E-state index in [1.807, 2.05) is 24.5 Å². The molecular formula is C19H27N5O. The highest BCUT2D eigenvalue weighted by Gasteiger charge is 2.37. The van der Waals surface area contributed by atoms with Crippen LogP contribution < -0.4 is 5.32 Å². The van der Waals surface area contributed by atoms with Crippen molar-refractivity contribution in [2.75, 3.05) is 6.54 Å². The highest BCUT2D eigenvalue weighted by Crippen LogP contribution is 2.32. The Labute approximate surface area is 149 Å². The molecule has 3 rings (SSSR count). The molecule has 2 aromatic rings. The lowest BCUT2D eigenvalue weighted by Gasteiger charge is -2.38. The molecule has 1 unspecified atom stereocenters. The zero-order valence-corrected chi connectivity index (χ0v) is 15.4. The minimum absolute atomic E-state index is 0.0164. The molecule has 0 saturated carbocycles. The molecule has 0 radical (unpaired) electrons.